The molecule has 2 saturated heterocycles. The average Bonchev–Trinajstić information content (AvgIpc) is 3.09. The largest absolute Gasteiger partial charge is 0.312 e. The molecule has 2 aliphatic rings. The van der Waals surface area contributed by atoms with Crippen molar-refractivity contribution in [2.45, 2.75) is 29.8 Å². The van der Waals surface area contributed by atoms with E-state index in [-0.39, 0.29) is 0 Å². The normalized spacial score (nSPS) is 27.1. The number of fused-ring (bicyclic) bond motifs is 2. The van der Waals surface area contributed by atoms with Crippen LogP contribution in [0.5, 0.6) is 0 Å². The average molecular weight is 305 g/mol. The quantitative estimate of drug-likeness (QED) is 0.921. The van der Waals surface area contributed by atoms with Crippen LogP contribution < -0.4 is 5.32 Å². The van der Waals surface area contributed by atoms with Gasteiger partial charge in [-0.05, 0) is 25.5 Å². The fourth-order valence-electron chi connectivity index (χ4n) is 3.46. The first-order valence-electron chi connectivity index (χ1n) is 7.20. The molecule has 6 heteroatoms. The molecular weight excluding hydrogens is 289 g/mol. The van der Waals surface area contributed by atoms with Gasteiger partial charge in [0.1, 0.15) is 11.0 Å². The van der Waals surface area contributed by atoms with Gasteiger partial charge in [0.05, 0.1) is 11.1 Å². The third kappa shape index (κ3) is 2.09. The van der Waals surface area contributed by atoms with Crippen LogP contribution in [-0.2, 0) is 11.0 Å². The van der Waals surface area contributed by atoms with Crippen molar-refractivity contribution in [3.63, 3.8) is 0 Å². The Morgan fingerprint density at radius 3 is 3.14 bits per heavy atom. The van der Waals surface area contributed by atoms with Gasteiger partial charge >= 0.3 is 0 Å². The van der Waals surface area contributed by atoms with E-state index in [1.807, 2.05) is 10.4 Å². The van der Waals surface area contributed by atoms with Gasteiger partial charge in [0, 0.05) is 35.6 Å². The van der Waals surface area contributed by atoms with Gasteiger partial charge < -0.3 is 5.32 Å². The summed E-state index contributed by atoms with van der Waals surface area (Å²) in [5.41, 5.74) is 0. The Morgan fingerprint density at radius 1 is 1.33 bits per heavy atom. The van der Waals surface area contributed by atoms with Crippen LogP contribution in [0.1, 0.15) is 12.8 Å². The number of rotatable bonds is 2. The predicted octanol–water partition coefficient (Wildman–Crippen LogP) is 1.83. The highest BCUT2D eigenvalue weighted by molar-refractivity contribution is 7.83. The molecule has 3 atom stereocenters. The molecule has 1 aromatic heterocycles. The number of benzene rings is 1. The van der Waals surface area contributed by atoms with E-state index in [1.54, 1.807) is 18.3 Å². The lowest BCUT2D eigenvalue weighted by Crippen LogP contribution is -2.35. The second kappa shape index (κ2) is 5.12. The minimum atomic E-state index is -1.33. The molecule has 4 rings (SSSR count). The highest BCUT2D eigenvalue weighted by Gasteiger charge is 2.40. The third-order valence-electron chi connectivity index (χ3n) is 4.44. The van der Waals surface area contributed by atoms with Crippen LogP contribution in [0.3, 0.4) is 0 Å². The highest BCUT2D eigenvalue weighted by atomic mass is 32.2. The summed E-state index contributed by atoms with van der Waals surface area (Å²) in [7, 11) is -1.33. The summed E-state index contributed by atoms with van der Waals surface area (Å²) in [6, 6.07) is 6.10. The summed E-state index contributed by atoms with van der Waals surface area (Å²) < 4.78 is 29.1. The van der Waals surface area contributed by atoms with Crippen LogP contribution in [0, 0.1) is 5.82 Å². The van der Waals surface area contributed by atoms with Crippen molar-refractivity contribution < 1.29 is 8.60 Å². The molecule has 3 heterocycles. The van der Waals surface area contributed by atoms with Crippen molar-refractivity contribution in [3.05, 3.63) is 36.4 Å². The summed E-state index contributed by atoms with van der Waals surface area (Å²) >= 11 is 0. The van der Waals surface area contributed by atoms with Gasteiger partial charge in [0.25, 0.3) is 0 Å². The molecule has 0 amide bonds. The Balaban J connectivity index is 1.78. The summed E-state index contributed by atoms with van der Waals surface area (Å²) in [5, 5.41) is 4.57. The maximum atomic E-state index is 14.1. The first kappa shape index (κ1) is 13.3. The molecule has 4 nitrogen and oxygen atoms in total. The Hall–Kier alpha value is -1.37. The summed E-state index contributed by atoms with van der Waals surface area (Å²) in [6.07, 6.45) is 4.81. The van der Waals surface area contributed by atoms with Crippen LogP contribution in [0.25, 0.3) is 10.8 Å². The number of nitrogens with one attached hydrogen (secondary N) is 1. The standard InChI is InChI=1S/C15H16FN3OS/c16-11-9-17-8-10-2-1-3-14(15(10)11)21(20)19-7-5-12-13(19)4-6-18-12/h1-3,8-9,12-13,18H,4-7H2. The summed E-state index contributed by atoms with van der Waals surface area (Å²) in [6.45, 7) is 1.76. The number of nitrogens with zero attached hydrogens (tertiary/aromatic N) is 2. The summed E-state index contributed by atoms with van der Waals surface area (Å²) in [4.78, 5) is 4.42. The number of aromatic nitrogens is 1. The van der Waals surface area contributed by atoms with Gasteiger partial charge in [0.2, 0.25) is 0 Å². The third-order valence-corrected chi connectivity index (χ3v) is 6.04. The maximum Gasteiger partial charge on any atom is 0.150 e. The maximum absolute atomic E-state index is 14.1. The van der Waals surface area contributed by atoms with Gasteiger partial charge in [-0.25, -0.2) is 12.9 Å². The molecule has 110 valence electrons. The highest BCUT2D eigenvalue weighted by Crippen LogP contribution is 2.31. The second-order valence-electron chi connectivity index (χ2n) is 5.57. The van der Waals surface area contributed by atoms with Crippen LogP contribution in [-0.4, -0.2) is 38.7 Å². The Morgan fingerprint density at radius 2 is 2.24 bits per heavy atom. The SMILES string of the molecule is O=S(c1cccc2cncc(F)c12)N1CCC2NCCC21. The van der Waals surface area contributed by atoms with Crippen molar-refractivity contribution in [1.29, 1.82) is 0 Å². The zero-order valence-electron chi connectivity index (χ0n) is 11.5. The van der Waals surface area contributed by atoms with Crippen LogP contribution in [0.4, 0.5) is 4.39 Å². The Labute approximate surface area is 124 Å². The van der Waals surface area contributed by atoms with Gasteiger partial charge in [-0.1, -0.05) is 12.1 Å². The van der Waals surface area contributed by atoms with E-state index in [2.05, 4.69) is 10.3 Å². The van der Waals surface area contributed by atoms with E-state index < -0.39 is 16.8 Å². The first-order chi connectivity index (χ1) is 10.3. The predicted molar refractivity (Wildman–Crippen MR) is 79.6 cm³/mol. The number of halogens is 1. The van der Waals surface area contributed by atoms with E-state index in [0.29, 0.717) is 27.8 Å². The Bertz CT molecular complexity index is 718. The molecule has 3 unspecified atom stereocenters. The number of pyridine rings is 1. The molecular formula is C15H16FN3OS. The summed E-state index contributed by atoms with van der Waals surface area (Å²) in [5.74, 6) is -0.406. The first-order valence-corrected chi connectivity index (χ1v) is 8.30. The van der Waals surface area contributed by atoms with Crippen LogP contribution in [0.2, 0.25) is 0 Å². The van der Waals surface area contributed by atoms with Gasteiger partial charge in [-0.2, -0.15) is 0 Å². The number of hydrogen-bond donors (Lipinski definition) is 1. The number of hydrogen-bond acceptors (Lipinski definition) is 3. The lowest BCUT2D eigenvalue weighted by molar-refractivity contribution is 0.413. The topological polar surface area (TPSA) is 45.2 Å². The van der Waals surface area contributed by atoms with E-state index >= 15 is 0 Å². The van der Waals surface area contributed by atoms with Crippen molar-refractivity contribution in [2.75, 3.05) is 13.1 Å². The molecule has 2 aromatic rings. The fourth-order valence-corrected chi connectivity index (χ4v) is 5.07. The molecule has 0 radical (unpaired) electrons. The molecule has 2 aliphatic heterocycles. The molecule has 0 saturated carbocycles. The molecule has 0 spiro atoms. The molecule has 0 aliphatic carbocycles. The van der Waals surface area contributed by atoms with Crippen molar-refractivity contribution in [3.8, 4) is 0 Å². The van der Waals surface area contributed by atoms with E-state index in [4.69, 9.17) is 0 Å². The molecule has 2 fully saturated rings. The smallest absolute Gasteiger partial charge is 0.150 e. The van der Waals surface area contributed by atoms with Crippen LogP contribution >= 0.6 is 0 Å². The Kier molecular flexibility index (Phi) is 3.24. The zero-order valence-corrected chi connectivity index (χ0v) is 12.3. The lowest BCUT2D eigenvalue weighted by atomic mass is 10.1. The van der Waals surface area contributed by atoms with Gasteiger partial charge in [-0.3, -0.25) is 4.98 Å². The van der Waals surface area contributed by atoms with E-state index in [1.165, 1.54) is 6.20 Å². The molecule has 1 aromatic carbocycles. The zero-order chi connectivity index (χ0) is 14.4. The lowest BCUT2D eigenvalue weighted by Gasteiger charge is -2.22. The molecule has 1 N–H and O–H groups in total. The van der Waals surface area contributed by atoms with Crippen LogP contribution in [0.15, 0.2) is 35.5 Å². The minimum absolute atomic E-state index is 0.297. The minimum Gasteiger partial charge on any atom is -0.312 e. The van der Waals surface area contributed by atoms with E-state index in [9.17, 15) is 8.60 Å². The molecule has 21 heavy (non-hydrogen) atoms. The van der Waals surface area contributed by atoms with Gasteiger partial charge in [0.15, 0.2) is 5.82 Å². The monoisotopic (exact) mass is 305 g/mol. The molecule has 0 bridgehead atoms. The van der Waals surface area contributed by atoms with Crippen molar-refractivity contribution in [2.24, 2.45) is 0 Å². The second-order valence-corrected chi connectivity index (χ2v) is 6.98. The van der Waals surface area contributed by atoms with Crippen molar-refractivity contribution in [1.82, 2.24) is 14.6 Å². The van der Waals surface area contributed by atoms with Gasteiger partial charge in [-0.15, -0.1) is 0 Å². The van der Waals surface area contributed by atoms with Crippen molar-refractivity contribution >= 4 is 21.8 Å². The van der Waals surface area contributed by atoms with E-state index in [0.717, 1.165) is 25.9 Å². The fraction of sp³-hybridized carbons (Fsp3) is 0.400.